The summed E-state index contributed by atoms with van der Waals surface area (Å²) in [4.78, 5) is 8.34. The second-order valence-electron chi connectivity index (χ2n) is 4.36. The Hall–Kier alpha value is -1.75. The Labute approximate surface area is 100 Å². The van der Waals surface area contributed by atoms with Gasteiger partial charge in [-0.2, -0.15) is 4.98 Å². The largest absolute Gasteiger partial charge is 0.338 e. The summed E-state index contributed by atoms with van der Waals surface area (Å²) in [5, 5.41) is 3.92. The van der Waals surface area contributed by atoms with Gasteiger partial charge in [0.25, 0.3) is 0 Å². The molecule has 0 unspecified atom stereocenters. The number of rotatable bonds is 4. The van der Waals surface area contributed by atoms with Gasteiger partial charge in [-0.1, -0.05) is 25.1 Å². The smallest absolute Gasteiger partial charge is 0.243 e. The molecule has 5 nitrogen and oxygen atoms in total. The normalized spacial score (nSPS) is 12.9. The van der Waals surface area contributed by atoms with E-state index >= 15 is 0 Å². The monoisotopic (exact) mass is 232 g/mol. The first-order valence-electron chi connectivity index (χ1n) is 5.64. The first-order valence-corrected chi connectivity index (χ1v) is 5.64. The van der Waals surface area contributed by atoms with Crippen molar-refractivity contribution in [1.29, 1.82) is 0 Å². The third-order valence-electron chi connectivity index (χ3n) is 2.57. The van der Waals surface area contributed by atoms with Gasteiger partial charge >= 0.3 is 0 Å². The summed E-state index contributed by atoms with van der Waals surface area (Å²) >= 11 is 0. The van der Waals surface area contributed by atoms with Gasteiger partial charge in [-0.25, -0.2) is 0 Å². The van der Waals surface area contributed by atoms with Crippen molar-refractivity contribution in [3.05, 3.63) is 41.8 Å². The fourth-order valence-electron chi connectivity index (χ4n) is 1.45. The number of hydrogen-bond acceptors (Lipinski definition) is 5. The van der Waals surface area contributed by atoms with Crippen molar-refractivity contribution in [2.24, 2.45) is 11.7 Å². The quantitative estimate of drug-likeness (QED) is 0.868. The van der Waals surface area contributed by atoms with Crippen molar-refractivity contribution in [1.82, 2.24) is 15.1 Å². The molecule has 2 rings (SSSR count). The van der Waals surface area contributed by atoms with Crippen LogP contribution in [0.4, 0.5) is 0 Å². The van der Waals surface area contributed by atoms with E-state index in [1.54, 1.807) is 12.4 Å². The van der Waals surface area contributed by atoms with E-state index in [0.29, 0.717) is 18.1 Å². The number of nitrogens with two attached hydrogens (primary N) is 1. The highest BCUT2D eigenvalue weighted by Crippen LogP contribution is 2.17. The van der Waals surface area contributed by atoms with Gasteiger partial charge in [0.1, 0.15) is 0 Å². The van der Waals surface area contributed by atoms with Crippen LogP contribution < -0.4 is 5.73 Å². The molecule has 17 heavy (non-hydrogen) atoms. The first-order chi connectivity index (χ1) is 8.16. The summed E-state index contributed by atoms with van der Waals surface area (Å²) < 4.78 is 5.15. The van der Waals surface area contributed by atoms with E-state index in [1.165, 1.54) is 0 Å². The third-order valence-corrected chi connectivity index (χ3v) is 2.57. The summed E-state index contributed by atoms with van der Waals surface area (Å²) in [6, 6.07) is 3.66. The van der Waals surface area contributed by atoms with Gasteiger partial charge in [-0.3, -0.25) is 4.98 Å². The maximum Gasteiger partial charge on any atom is 0.243 e. The standard InChI is InChI=1S/C12H16N4O/c1-8(2)11(13)12-15-10(16-17-12)6-9-4-3-5-14-7-9/h3-5,7-8,11H,6,13H2,1-2H3/t11-/m0/s1. The van der Waals surface area contributed by atoms with Crippen LogP contribution in [0.3, 0.4) is 0 Å². The van der Waals surface area contributed by atoms with Crippen molar-refractivity contribution in [2.75, 3.05) is 0 Å². The molecule has 0 saturated heterocycles. The van der Waals surface area contributed by atoms with Crippen molar-refractivity contribution in [3.8, 4) is 0 Å². The van der Waals surface area contributed by atoms with Crippen LogP contribution in [0.2, 0.25) is 0 Å². The van der Waals surface area contributed by atoms with Crippen molar-refractivity contribution in [2.45, 2.75) is 26.3 Å². The lowest BCUT2D eigenvalue weighted by Gasteiger charge is -2.09. The van der Waals surface area contributed by atoms with E-state index in [-0.39, 0.29) is 12.0 Å². The van der Waals surface area contributed by atoms with Crippen LogP contribution in [0.5, 0.6) is 0 Å². The second-order valence-corrected chi connectivity index (χ2v) is 4.36. The molecule has 90 valence electrons. The van der Waals surface area contributed by atoms with E-state index in [0.717, 1.165) is 5.56 Å². The molecule has 0 aliphatic carbocycles. The molecule has 0 fully saturated rings. The Morgan fingerprint density at radius 3 is 2.88 bits per heavy atom. The van der Waals surface area contributed by atoms with E-state index in [1.807, 2.05) is 26.0 Å². The number of hydrogen-bond donors (Lipinski definition) is 1. The molecule has 2 heterocycles. The van der Waals surface area contributed by atoms with Gasteiger partial charge in [-0.15, -0.1) is 0 Å². The molecule has 0 saturated carbocycles. The Balaban J connectivity index is 2.09. The predicted octanol–water partition coefficient (Wildman–Crippen LogP) is 1.71. The Morgan fingerprint density at radius 2 is 2.24 bits per heavy atom. The van der Waals surface area contributed by atoms with Gasteiger partial charge in [-0.05, 0) is 17.5 Å². The zero-order valence-electron chi connectivity index (χ0n) is 10.00. The molecule has 0 aliphatic rings. The zero-order chi connectivity index (χ0) is 12.3. The molecule has 0 spiro atoms. The Morgan fingerprint density at radius 1 is 1.41 bits per heavy atom. The lowest BCUT2D eigenvalue weighted by atomic mass is 10.1. The van der Waals surface area contributed by atoms with Crippen molar-refractivity contribution in [3.63, 3.8) is 0 Å². The topological polar surface area (TPSA) is 77.8 Å². The van der Waals surface area contributed by atoms with Crippen LogP contribution >= 0.6 is 0 Å². The van der Waals surface area contributed by atoms with Crippen LogP contribution in [0.1, 0.15) is 37.2 Å². The molecule has 1 atom stereocenters. The molecule has 0 radical (unpaired) electrons. The molecule has 2 N–H and O–H groups in total. The molecule has 0 aromatic carbocycles. The summed E-state index contributed by atoms with van der Waals surface area (Å²) in [7, 11) is 0. The summed E-state index contributed by atoms with van der Waals surface area (Å²) in [5.74, 6) is 1.42. The fourth-order valence-corrected chi connectivity index (χ4v) is 1.45. The molecule has 0 aliphatic heterocycles. The van der Waals surface area contributed by atoms with Gasteiger partial charge in [0.05, 0.1) is 6.04 Å². The highest BCUT2D eigenvalue weighted by Gasteiger charge is 2.17. The van der Waals surface area contributed by atoms with Crippen molar-refractivity contribution >= 4 is 0 Å². The fraction of sp³-hybridized carbons (Fsp3) is 0.417. The average Bonchev–Trinajstić information content (AvgIpc) is 2.77. The number of aromatic nitrogens is 3. The predicted molar refractivity (Wildman–Crippen MR) is 63.1 cm³/mol. The molecule has 0 bridgehead atoms. The average molecular weight is 232 g/mol. The molecule has 2 aromatic heterocycles. The summed E-state index contributed by atoms with van der Waals surface area (Å²) in [6.45, 7) is 4.05. The molecular weight excluding hydrogens is 216 g/mol. The van der Waals surface area contributed by atoms with Gasteiger partial charge < -0.3 is 10.3 Å². The maximum atomic E-state index is 5.94. The van der Waals surface area contributed by atoms with Gasteiger partial charge in [0.2, 0.25) is 5.89 Å². The SMILES string of the molecule is CC(C)[C@H](N)c1nc(Cc2cccnc2)no1. The molecule has 2 aromatic rings. The first kappa shape index (κ1) is 11.7. The number of nitrogens with zero attached hydrogens (tertiary/aromatic N) is 3. The maximum absolute atomic E-state index is 5.94. The highest BCUT2D eigenvalue weighted by atomic mass is 16.5. The third kappa shape index (κ3) is 2.88. The Bertz CT molecular complexity index is 466. The Kier molecular flexibility index (Phi) is 3.49. The molecule has 0 amide bonds. The van der Waals surface area contributed by atoms with Crippen LogP contribution in [0, 0.1) is 5.92 Å². The van der Waals surface area contributed by atoms with E-state index in [9.17, 15) is 0 Å². The molecule has 5 heteroatoms. The summed E-state index contributed by atoms with van der Waals surface area (Å²) in [5.41, 5.74) is 6.99. The minimum atomic E-state index is -0.204. The number of pyridine rings is 1. The van der Waals surface area contributed by atoms with E-state index < -0.39 is 0 Å². The minimum Gasteiger partial charge on any atom is -0.338 e. The lowest BCUT2D eigenvalue weighted by Crippen LogP contribution is -2.17. The van der Waals surface area contributed by atoms with Gasteiger partial charge in [0.15, 0.2) is 5.82 Å². The second kappa shape index (κ2) is 5.05. The van der Waals surface area contributed by atoms with Crippen LogP contribution in [0.25, 0.3) is 0 Å². The van der Waals surface area contributed by atoms with E-state index in [4.69, 9.17) is 10.3 Å². The van der Waals surface area contributed by atoms with Crippen molar-refractivity contribution < 1.29 is 4.52 Å². The van der Waals surface area contributed by atoms with Crippen LogP contribution in [0.15, 0.2) is 29.0 Å². The van der Waals surface area contributed by atoms with Crippen LogP contribution in [-0.4, -0.2) is 15.1 Å². The summed E-state index contributed by atoms with van der Waals surface area (Å²) in [6.07, 6.45) is 4.14. The lowest BCUT2D eigenvalue weighted by molar-refractivity contribution is 0.322. The minimum absolute atomic E-state index is 0.204. The zero-order valence-corrected chi connectivity index (χ0v) is 10.00. The highest BCUT2D eigenvalue weighted by molar-refractivity contribution is 5.13. The molecular formula is C12H16N4O. The van der Waals surface area contributed by atoms with E-state index in [2.05, 4.69) is 15.1 Å². The van der Waals surface area contributed by atoms with Crippen LogP contribution in [-0.2, 0) is 6.42 Å². The van der Waals surface area contributed by atoms with Gasteiger partial charge in [0, 0.05) is 18.8 Å².